The van der Waals surface area contributed by atoms with Gasteiger partial charge in [-0.05, 0) is 36.4 Å². The quantitative estimate of drug-likeness (QED) is 0.445. The lowest BCUT2D eigenvalue weighted by Gasteiger charge is -2.27. The molecule has 0 spiro atoms. The van der Waals surface area contributed by atoms with E-state index in [2.05, 4.69) is 0 Å². The second-order valence-corrected chi connectivity index (χ2v) is 9.37. The Morgan fingerprint density at radius 3 is 1.19 bits per heavy atom. The van der Waals surface area contributed by atoms with Crippen LogP contribution in [0.5, 0.6) is 5.75 Å². The Kier molecular flexibility index (Phi) is 4.02. The van der Waals surface area contributed by atoms with Gasteiger partial charge in [0.15, 0.2) is 7.26 Å². The first-order chi connectivity index (χ1) is 12.7. The highest BCUT2D eigenvalue weighted by molar-refractivity contribution is 8.01. The molecule has 0 radical (unpaired) electrons. The van der Waals surface area contributed by atoms with E-state index in [-0.39, 0.29) is 5.30 Å². The zero-order chi connectivity index (χ0) is 18.1. The Balaban J connectivity index is 2.19. The molecule has 0 saturated heterocycles. The molecule has 4 aromatic carbocycles. The summed E-state index contributed by atoms with van der Waals surface area (Å²) in [4.78, 5) is 24.5. The molecule has 0 fully saturated rings. The van der Waals surface area contributed by atoms with E-state index >= 15 is 0 Å². The fourth-order valence-corrected chi connectivity index (χ4v) is 7.82. The van der Waals surface area contributed by atoms with E-state index in [0.29, 0.717) is 0 Å². The summed E-state index contributed by atoms with van der Waals surface area (Å²) < 4.78 is 0. The molecule has 0 bridgehead atoms. The van der Waals surface area contributed by atoms with Gasteiger partial charge in [0.2, 0.25) is 11.1 Å². The summed E-state index contributed by atoms with van der Waals surface area (Å²) in [6, 6.07) is 29.0. The smallest absolute Gasteiger partial charge is 0.276 e. The molecule has 3 nitrogen and oxygen atoms in total. The maximum absolute atomic E-state index is 12.6. The zero-order valence-electron chi connectivity index (χ0n) is 13.9. The number of hydrogen-bond donors (Lipinski definition) is 1. The predicted molar refractivity (Wildman–Crippen MR) is 108 cm³/mol. The van der Waals surface area contributed by atoms with E-state index < -0.39 is 23.9 Å². The van der Waals surface area contributed by atoms with Crippen LogP contribution < -0.4 is 32.1 Å². The van der Waals surface area contributed by atoms with E-state index in [1.54, 1.807) is 0 Å². The topological polar surface area (TPSA) is 54.4 Å². The Morgan fingerprint density at radius 2 is 0.885 bits per heavy atom. The largest absolute Gasteiger partial charge is 0.501 e. The van der Waals surface area contributed by atoms with Crippen LogP contribution in [0.2, 0.25) is 0 Å². The number of benzene rings is 3. The number of hydrogen-bond acceptors (Lipinski definition) is 3. The molecule has 4 aromatic rings. The normalized spacial score (nSPS) is 11.5. The molecular weight excluding hydrogens is 343 g/mol. The second kappa shape index (κ2) is 6.36. The summed E-state index contributed by atoms with van der Waals surface area (Å²) in [6.45, 7) is 0. The lowest BCUT2D eigenvalue weighted by Crippen LogP contribution is -2.54. The van der Waals surface area contributed by atoms with Crippen molar-refractivity contribution in [3.63, 3.8) is 0 Å². The highest BCUT2D eigenvalue weighted by atomic mass is 31.2. The van der Waals surface area contributed by atoms with Crippen LogP contribution in [0.15, 0.2) is 101 Å². The van der Waals surface area contributed by atoms with Crippen molar-refractivity contribution in [2.45, 2.75) is 0 Å². The van der Waals surface area contributed by atoms with Gasteiger partial charge >= 0.3 is 0 Å². The SMILES string of the molecule is O=c1c(O)c([P+](c2ccccc2)(c2ccccc2)c2ccccc2)c1=O. The summed E-state index contributed by atoms with van der Waals surface area (Å²) in [6.07, 6.45) is 0. The van der Waals surface area contributed by atoms with Gasteiger partial charge in [-0.25, -0.2) is 0 Å². The van der Waals surface area contributed by atoms with Crippen molar-refractivity contribution in [2.24, 2.45) is 0 Å². The van der Waals surface area contributed by atoms with E-state index in [4.69, 9.17) is 0 Å². The molecule has 0 aliphatic carbocycles. The van der Waals surface area contributed by atoms with Crippen LogP contribution in [0.1, 0.15) is 0 Å². The molecule has 0 aromatic heterocycles. The Labute approximate surface area is 151 Å². The van der Waals surface area contributed by atoms with Crippen LogP contribution in [0.3, 0.4) is 0 Å². The predicted octanol–water partition coefficient (Wildman–Crippen LogP) is 1.61. The maximum atomic E-state index is 12.6. The van der Waals surface area contributed by atoms with Crippen molar-refractivity contribution in [3.8, 4) is 5.75 Å². The lowest BCUT2D eigenvalue weighted by molar-refractivity contribution is 0.468. The molecule has 4 heteroatoms. The van der Waals surface area contributed by atoms with E-state index in [1.165, 1.54) is 0 Å². The molecule has 0 aliphatic heterocycles. The number of aromatic hydroxyl groups is 1. The van der Waals surface area contributed by atoms with Gasteiger partial charge in [-0.3, -0.25) is 9.59 Å². The summed E-state index contributed by atoms with van der Waals surface area (Å²) >= 11 is 0. The van der Waals surface area contributed by atoms with E-state index in [9.17, 15) is 14.7 Å². The van der Waals surface area contributed by atoms with Gasteiger partial charge in [-0.1, -0.05) is 54.6 Å². The van der Waals surface area contributed by atoms with Crippen LogP contribution in [-0.4, -0.2) is 5.11 Å². The molecular formula is C22H16O3P+. The Hall–Kier alpha value is -3.03. The summed E-state index contributed by atoms with van der Waals surface area (Å²) in [5.41, 5.74) is -1.39. The van der Waals surface area contributed by atoms with E-state index in [0.717, 1.165) is 15.9 Å². The van der Waals surface area contributed by atoms with Gasteiger partial charge in [-0.15, -0.1) is 0 Å². The van der Waals surface area contributed by atoms with Gasteiger partial charge in [0, 0.05) is 0 Å². The molecule has 0 unspecified atom stereocenters. The minimum Gasteiger partial charge on any atom is -0.501 e. The first-order valence-corrected chi connectivity index (χ1v) is 10.0. The second-order valence-electron chi connectivity index (χ2n) is 6.03. The average molecular weight is 359 g/mol. The molecule has 26 heavy (non-hydrogen) atoms. The van der Waals surface area contributed by atoms with Crippen LogP contribution in [-0.2, 0) is 0 Å². The van der Waals surface area contributed by atoms with Crippen LogP contribution in [0.4, 0.5) is 0 Å². The molecule has 0 amide bonds. The molecule has 0 aliphatic rings. The highest BCUT2D eigenvalue weighted by Gasteiger charge is 2.54. The molecule has 1 N–H and O–H groups in total. The van der Waals surface area contributed by atoms with Crippen molar-refractivity contribution in [2.75, 3.05) is 0 Å². The van der Waals surface area contributed by atoms with Crippen molar-refractivity contribution < 1.29 is 5.11 Å². The highest BCUT2D eigenvalue weighted by Crippen LogP contribution is 2.54. The summed E-state index contributed by atoms with van der Waals surface area (Å²) in [5, 5.41) is 13.4. The Morgan fingerprint density at radius 1 is 0.538 bits per heavy atom. The molecule has 126 valence electrons. The van der Waals surface area contributed by atoms with Crippen molar-refractivity contribution >= 4 is 28.5 Å². The number of rotatable bonds is 4. The monoisotopic (exact) mass is 359 g/mol. The van der Waals surface area contributed by atoms with Crippen LogP contribution >= 0.6 is 7.26 Å². The maximum Gasteiger partial charge on any atom is 0.276 e. The third-order valence-electron chi connectivity index (χ3n) is 4.63. The van der Waals surface area contributed by atoms with Gasteiger partial charge in [0.05, 0.1) is 0 Å². The zero-order valence-corrected chi connectivity index (χ0v) is 14.8. The molecule has 0 heterocycles. The summed E-state index contributed by atoms with van der Waals surface area (Å²) in [7, 11) is -2.65. The van der Waals surface area contributed by atoms with Crippen molar-refractivity contribution in [1.29, 1.82) is 0 Å². The minimum atomic E-state index is -2.65. The fraction of sp³-hybridized carbons (Fsp3) is 0. The fourth-order valence-electron chi connectivity index (χ4n) is 3.47. The van der Waals surface area contributed by atoms with Gasteiger partial charge in [0.1, 0.15) is 15.9 Å². The third-order valence-corrected chi connectivity index (χ3v) is 8.93. The average Bonchev–Trinajstić information content (AvgIpc) is 2.73. The standard InChI is InChI=1S/C22H15O3P/c23-19-20(24)22(21(19)25)26(16-10-4-1-5-11-16,17-12-6-2-7-13-17)18-14-8-3-9-15-18/h1-15H/p+1. The minimum absolute atomic E-state index is 0.242. The van der Waals surface area contributed by atoms with Crippen molar-refractivity contribution in [3.05, 3.63) is 111 Å². The molecule has 4 rings (SSSR count). The first kappa shape index (κ1) is 16.4. The van der Waals surface area contributed by atoms with Crippen LogP contribution in [0, 0.1) is 0 Å². The van der Waals surface area contributed by atoms with Crippen LogP contribution in [0.25, 0.3) is 0 Å². The van der Waals surface area contributed by atoms with E-state index in [1.807, 2.05) is 91.0 Å². The van der Waals surface area contributed by atoms with Gasteiger partial charge in [-0.2, -0.15) is 0 Å². The van der Waals surface area contributed by atoms with Gasteiger partial charge in [0.25, 0.3) is 10.9 Å². The summed E-state index contributed by atoms with van der Waals surface area (Å²) in [5.74, 6) is -0.403. The van der Waals surface area contributed by atoms with Gasteiger partial charge < -0.3 is 5.11 Å². The van der Waals surface area contributed by atoms with Crippen molar-refractivity contribution in [1.82, 2.24) is 0 Å². The Bertz CT molecular complexity index is 1020. The first-order valence-electron chi connectivity index (χ1n) is 8.26. The third kappa shape index (κ3) is 2.25. The molecule has 0 saturated carbocycles. The molecule has 0 atom stereocenters. The lowest BCUT2D eigenvalue weighted by atomic mass is 10.3.